The summed E-state index contributed by atoms with van der Waals surface area (Å²) in [5, 5.41) is 0. The second kappa shape index (κ2) is 8.76. The highest BCUT2D eigenvalue weighted by Gasteiger charge is 2.34. The molecule has 0 N–H and O–H groups in total. The molecule has 1 amide bonds. The molecule has 0 aromatic heterocycles. The Hall–Kier alpha value is -2.78. The molecule has 8 nitrogen and oxygen atoms in total. The van der Waals surface area contributed by atoms with Crippen molar-refractivity contribution in [2.75, 3.05) is 45.4 Å². The molecule has 0 aliphatic carbocycles. The molecule has 2 aliphatic heterocycles. The first-order chi connectivity index (χ1) is 14.9. The summed E-state index contributed by atoms with van der Waals surface area (Å²) in [6.45, 7) is 1.41. The van der Waals surface area contributed by atoms with Crippen molar-refractivity contribution in [3.63, 3.8) is 0 Å². The van der Waals surface area contributed by atoms with Crippen molar-refractivity contribution in [1.82, 2.24) is 4.31 Å². The number of anilines is 1. The minimum atomic E-state index is -3.67. The van der Waals surface area contributed by atoms with Crippen LogP contribution < -0.4 is 19.1 Å². The minimum absolute atomic E-state index is 0.0409. The van der Waals surface area contributed by atoms with E-state index in [1.165, 1.54) is 16.4 Å². The molecular weight excluding hydrogens is 420 g/mol. The van der Waals surface area contributed by atoms with Gasteiger partial charge in [-0.2, -0.15) is 4.31 Å². The predicted molar refractivity (Wildman–Crippen MR) is 115 cm³/mol. The molecule has 0 unspecified atom stereocenters. The predicted octanol–water partition coefficient (Wildman–Crippen LogP) is 2.53. The SMILES string of the molecule is COc1ccccc1N(C)C(=O)C1CCN(S(=O)(=O)c2ccc3c(c2)OCCO3)CC1. The number of piperidine rings is 1. The lowest BCUT2D eigenvalue weighted by Crippen LogP contribution is -2.43. The highest BCUT2D eigenvalue weighted by atomic mass is 32.2. The molecule has 0 spiro atoms. The van der Waals surface area contributed by atoms with E-state index in [1.807, 2.05) is 24.3 Å². The van der Waals surface area contributed by atoms with Crippen molar-refractivity contribution in [2.45, 2.75) is 17.7 Å². The Kier molecular flexibility index (Phi) is 6.06. The number of fused-ring (bicyclic) bond motifs is 1. The summed E-state index contributed by atoms with van der Waals surface area (Å²) in [5.74, 6) is 1.32. The van der Waals surface area contributed by atoms with Gasteiger partial charge in [-0.3, -0.25) is 4.79 Å². The third-order valence-electron chi connectivity index (χ3n) is 5.73. The Bertz CT molecular complexity index is 1060. The lowest BCUT2D eigenvalue weighted by atomic mass is 9.96. The molecule has 2 heterocycles. The van der Waals surface area contributed by atoms with E-state index in [4.69, 9.17) is 14.2 Å². The van der Waals surface area contributed by atoms with Crippen molar-refractivity contribution in [1.29, 1.82) is 0 Å². The molecule has 4 rings (SSSR count). The minimum Gasteiger partial charge on any atom is -0.495 e. The summed E-state index contributed by atoms with van der Waals surface area (Å²) in [5.41, 5.74) is 0.696. The number of nitrogens with zero attached hydrogens (tertiary/aromatic N) is 2. The van der Waals surface area contributed by atoms with Gasteiger partial charge in [0, 0.05) is 32.1 Å². The van der Waals surface area contributed by atoms with Crippen LogP contribution in [0.4, 0.5) is 5.69 Å². The van der Waals surface area contributed by atoms with Gasteiger partial charge in [0.1, 0.15) is 19.0 Å². The molecule has 0 saturated carbocycles. The van der Waals surface area contributed by atoms with E-state index in [0.29, 0.717) is 49.0 Å². The van der Waals surface area contributed by atoms with Crippen LogP contribution in [-0.2, 0) is 14.8 Å². The summed E-state index contributed by atoms with van der Waals surface area (Å²) in [7, 11) is -0.386. The van der Waals surface area contributed by atoms with E-state index in [0.717, 1.165) is 0 Å². The van der Waals surface area contributed by atoms with E-state index >= 15 is 0 Å². The molecule has 9 heteroatoms. The van der Waals surface area contributed by atoms with Crippen LogP contribution in [0.25, 0.3) is 0 Å². The summed E-state index contributed by atoms with van der Waals surface area (Å²) in [6, 6.07) is 12.0. The lowest BCUT2D eigenvalue weighted by Gasteiger charge is -2.33. The first kappa shape index (κ1) is 21.5. The third-order valence-corrected chi connectivity index (χ3v) is 7.63. The zero-order chi connectivity index (χ0) is 22.0. The maximum absolute atomic E-state index is 13.1. The van der Waals surface area contributed by atoms with Crippen molar-refractivity contribution >= 4 is 21.6 Å². The Balaban J connectivity index is 1.44. The lowest BCUT2D eigenvalue weighted by molar-refractivity contribution is -0.123. The number of methoxy groups -OCH3 is 1. The van der Waals surface area contributed by atoms with Crippen molar-refractivity contribution in [3.8, 4) is 17.2 Å². The van der Waals surface area contributed by atoms with E-state index < -0.39 is 10.0 Å². The quantitative estimate of drug-likeness (QED) is 0.702. The van der Waals surface area contributed by atoms with Gasteiger partial charge in [-0.25, -0.2) is 8.42 Å². The number of rotatable bonds is 5. The smallest absolute Gasteiger partial charge is 0.243 e. The molecule has 166 valence electrons. The number of carbonyl (C=O) groups excluding carboxylic acids is 1. The Morgan fingerprint density at radius 3 is 2.45 bits per heavy atom. The van der Waals surface area contributed by atoms with Crippen LogP contribution in [0.5, 0.6) is 17.2 Å². The number of amides is 1. The molecule has 2 aromatic rings. The number of sulfonamides is 1. The van der Waals surface area contributed by atoms with Crippen molar-refractivity contribution < 1.29 is 27.4 Å². The number of hydrogen-bond donors (Lipinski definition) is 0. The van der Waals surface area contributed by atoms with Gasteiger partial charge >= 0.3 is 0 Å². The zero-order valence-corrected chi connectivity index (χ0v) is 18.4. The molecule has 0 radical (unpaired) electrons. The van der Waals surface area contributed by atoms with Gasteiger partial charge in [-0.1, -0.05) is 12.1 Å². The van der Waals surface area contributed by atoms with Gasteiger partial charge in [-0.15, -0.1) is 0 Å². The van der Waals surface area contributed by atoms with Gasteiger partial charge in [0.2, 0.25) is 15.9 Å². The number of carbonyl (C=O) groups is 1. The normalized spacial score (nSPS) is 17.2. The molecule has 1 fully saturated rings. The topological polar surface area (TPSA) is 85.4 Å². The maximum Gasteiger partial charge on any atom is 0.243 e. The van der Waals surface area contributed by atoms with Crippen LogP contribution in [0.2, 0.25) is 0 Å². The Labute approximate surface area is 182 Å². The Morgan fingerprint density at radius 1 is 1.06 bits per heavy atom. The summed E-state index contributed by atoms with van der Waals surface area (Å²) >= 11 is 0. The fourth-order valence-corrected chi connectivity index (χ4v) is 5.46. The molecule has 0 atom stereocenters. The summed E-state index contributed by atoms with van der Waals surface area (Å²) < 4.78 is 44.0. The average molecular weight is 447 g/mol. The van der Waals surface area contributed by atoms with Gasteiger partial charge in [0.05, 0.1) is 17.7 Å². The van der Waals surface area contributed by atoms with Crippen LogP contribution in [0.1, 0.15) is 12.8 Å². The molecule has 2 aliphatic rings. The monoisotopic (exact) mass is 446 g/mol. The highest BCUT2D eigenvalue weighted by Crippen LogP contribution is 2.35. The zero-order valence-electron chi connectivity index (χ0n) is 17.6. The number of hydrogen-bond acceptors (Lipinski definition) is 6. The van der Waals surface area contributed by atoms with Crippen LogP contribution in [0.15, 0.2) is 47.4 Å². The van der Waals surface area contributed by atoms with Gasteiger partial charge in [0.25, 0.3) is 0 Å². The standard InChI is InChI=1S/C22H26N2O6S/c1-23(18-5-3-4-6-19(18)28-2)22(25)16-9-11-24(12-10-16)31(26,27)17-7-8-20-21(15-17)30-14-13-29-20/h3-8,15-16H,9-14H2,1-2H3. The van der Waals surface area contributed by atoms with Crippen molar-refractivity contribution in [2.24, 2.45) is 5.92 Å². The van der Waals surface area contributed by atoms with E-state index in [-0.39, 0.29) is 29.8 Å². The van der Waals surface area contributed by atoms with E-state index in [2.05, 4.69) is 0 Å². The van der Waals surface area contributed by atoms with Crippen molar-refractivity contribution in [3.05, 3.63) is 42.5 Å². The molecular formula is C22H26N2O6S. The largest absolute Gasteiger partial charge is 0.495 e. The van der Waals surface area contributed by atoms with Gasteiger partial charge in [0.15, 0.2) is 11.5 Å². The number of benzene rings is 2. The highest BCUT2D eigenvalue weighted by molar-refractivity contribution is 7.89. The molecule has 0 bridgehead atoms. The first-order valence-electron chi connectivity index (χ1n) is 10.2. The number of para-hydroxylation sites is 2. The average Bonchev–Trinajstić information content (AvgIpc) is 2.82. The molecule has 31 heavy (non-hydrogen) atoms. The van der Waals surface area contributed by atoms with Crippen LogP contribution in [0, 0.1) is 5.92 Å². The fraction of sp³-hybridized carbons (Fsp3) is 0.409. The van der Waals surface area contributed by atoms with Crippen LogP contribution >= 0.6 is 0 Å². The van der Waals surface area contributed by atoms with E-state index in [1.54, 1.807) is 25.1 Å². The summed E-state index contributed by atoms with van der Waals surface area (Å²) in [4.78, 5) is 14.8. The number of ether oxygens (including phenoxy) is 3. The molecule has 1 saturated heterocycles. The second-order valence-electron chi connectivity index (χ2n) is 7.55. The van der Waals surface area contributed by atoms with Gasteiger partial charge < -0.3 is 19.1 Å². The van der Waals surface area contributed by atoms with Gasteiger partial charge in [-0.05, 0) is 37.1 Å². The third kappa shape index (κ3) is 4.20. The summed E-state index contributed by atoms with van der Waals surface area (Å²) in [6.07, 6.45) is 0.921. The van der Waals surface area contributed by atoms with Crippen LogP contribution in [0.3, 0.4) is 0 Å². The van der Waals surface area contributed by atoms with E-state index in [9.17, 15) is 13.2 Å². The second-order valence-corrected chi connectivity index (χ2v) is 9.49. The Morgan fingerprint density at radius 2 is 1.74 bits per heavy atom. The maximum atomic E-state index is 13.1. The first-order valence-corrected chi connectivity index (χ1v) is 11.7. The fourth-order valence-electron chi connectivity index (χ4n) is 3.98. The van der Waals surface area contributed by atoms with Crippen LogP contribution in [-0.4, -0.2) is 59.1 Å². The molecule has 2 aromatic carbocycles.